The van der Waals surface area contributed by atoms with Crippen LogP contribution in [0.15, 0.2) is 46.2 Å². The van der Waals surface area contributed by atoms with Crippen molar-refractivity contribution in [3.63, 3.8) is 0 Å². The molecule has 1 fully saturated rings. The molecular formula is C24H27N3O4S. The Morgan fingerprint density at radius 1 is 1.22 bits per heavy atom. The molecule has 8 heteroatoms. The summed E-state index contributed by atoms with van der Waals surface area (Å²) in [4.78, 5) is 27.9. The lowest BCUT2D eigenvalue weighted by Crippen LogP contribution is -2.18. The minimum atomic E-state index is -0.116. The summed E-state index contributed by atoms with van der Waals surface area (Å²) < 4.78 is 11.8. The highest BCUT2D eigenvalue weighted by Crippen LogP contribution is 2.27. The zero-order valence-corrected chi connectivity index (χ0v) is 18.9. The van der Waals surface area contributed by atoms with Gasteiger partial charge in [-0.3, -0.25) is 9.59 Å². The number of aromatic nitrogens is 1. The van der Waals surface area contributed by atoms with E-state index in [1.54, 1.807) is 12.1 Å². The van der Waals surface area contributed by atoms with Crippen LogP contribution in [0, 0.1) is 0 Å². The van der Waals surface area contributed by atoms with Gasteiger partial charge in [-0.2, -0.15) is 0 Å². The van der Waals surface area contributed by atoms with E-state index in [1.165, 1.54) is 31.1 Å². The monoisotopic (exact) mass is 453 g/mol. The standard InChI is InChI=1S/C24H27N3O4S/c1-16(28)25-14-20-10-11-22(31-20)21-15-32-24(26-21)27-23(29)12-9-17-5-4-8-19(13-17)30-18-6-2-3-7-18/h4-5,8,10-11,13,15,18H,2-3,6-7,9,12,14H2,1H3,(H,25,28)(H,26,27,29). The van der Waals surface area contributed by atoms with Gasteiger partial charge in [0.2, 0.25) is 11.8 Å². The Kier molecular flexibility index (Phi) is 7.21. The molecule has 2 N–H and O–H groups in total. The first-order chi connectivity index (χ1) is 15.5. The molecule has 2 amide bonds. The second-order valence-corrected chi connectivity index (χ2v) is 8.79. The van der Waals surface area contributed by atoms with Crippen LogP contribution in [0.5, 0.6) is 5.75 Å². The van der Waals surface area contributed by atoms with E-state index in [1.807, 2.05) is 29.6 Å². The van der Waals surface area contributed by atoms with Gasteiger partial charge in [-0.05, 0) is 61.9 Å². The van der Waals surface area contributed by atoms with Gasteiger partial charge in [-0.15, -0.1) is 11.3 Å². The van der Waals surface area contributed by atoms with Gasteiger partial charge in [0.1, 0.15) is 17.2 Å². The van der Waals surface area contributed by atoms with Gasteiger partial charge < -0.3 is 19.8 Å². The number of hydrogen-bond donors (Lipinski definition) is 2. The number of amides is 2. The van der Waals surface area contributed by atoms with E-state index < -0.39 is 0 Å². The summed E-state index contributed by atoms with van der Waals surface area (Å²) in [6.45, 7) is 1.79. The zero-order valence-electron chi connectivity index (χ0n) is 18.1. The predicted octanol–water partition coefficient (Wildman–Crippen LogP) is 4.93. The summed E-state index contributed by atoms with van der Waals surface area (Å²) in [5, 5.41) is 7.92. The molecule has 2 aromatic heterocycles. The Morgan fingerprint density at radius 2 is 2.06 bits per heavy atom. The van der Waals surface area contributed by atoms with Crippen LogP contribution in [0.25, 0.3) is 11.5 Å². The van der Waals surface area contributed by atoms with E-state index in [2.05, 4.69) is 15.6 Å². The van der Waals surface area contributed by atoms with Gasteiger partial charge in [0.05, 0.1) is 12.6 Å². The summed E-state index contributed by atoms with van der Waals surface area (Å²) in [5.41, 5.74) is 1.73. The van der Waals surface area contributed by atoms with Crippen molar-refractivity contribution in [1.82, 2.24) is 10.3 Å². The lowest BCUT2D eigenvalue weighted by Gasteiger charge is -2.13. The van der Waals surface area contributed by atoms with Crippen molar-refractivity contribution in [2.24, 2.45) is 0 Å². The van der Waals surface area contributed by atoms with Crippen LogP contribution in [0.1, 0.15) is 50.4 Å². The first-order valence-corrected chi connectivity index (χ1v) is 11.8. The third kappa shape index (κ3) is 6.20. The average molecular weight is 454 g/mol. The molecule has 0 atom stereocenters. The van der Waals surface area contributed by atoms with E-state index >= 15 is 0 Å². The molecule has 0 bridgehead atoms. The van der Waals surface area contributed by atoms with Crippen LogP contribution >= 0.6 is 11.3 Å². The van der Waals surface area contributed by atoms with Gasteiger partial charge in [0, 0.05) is 18.7 Å². The smallest absolute Gasteiger partial charge is 0.226 e. The normalized spacial score (nSPS) is 13.8. The van der Waals surface area contributed by atoms with Gasteiger partial charge in [0.25, 0.3) is 0 Å². The maximum absolute atomic E-state index is 12.4. The number of nitrogens with zero attached hydrogens (tertiary/aromatic N) is 1. The molecule has 1 aliphatic rings. The average Bonchev–Trinajstić information content (AvgIpc) is 3.53. The molecule has 32 heavy (non-hydrogen) atoms. The molecule has 0 unspecified atom stereocenters. The Balaban J connectivity index is 1.27. The van der Waals surface area contributed by atoms with Crippen LogP contribution in [0.3, 0.4) is 0 Å². The van der Waals surface area contributed by atoms with E-state index in [4.69, 9.17) is 9.15 Å². The maximum atomic E-state index is 12.4. The second-order valence-electron chi connectivity index (χ2n) is 7.93. The predicted molar refractivity (Wildman–Crippen MR) is 124 cm³/mol. The first kappa shape index (κ1) is 22.1. The Hall–Kier alpha value is -3.13. The summed E-state index contributed by atoms with van der Waals surface area (Å²) in [5.74, 6) is 1.93. The number of rotatable bonds is 9. The number of ether oxygens (including phenoxy) is 1. The van der Waals surface area contributed by atoms with Crippen LogP contribution in [-0.2, 0) is 22.6 Å². The molecule has 0 aliphatic heterocycles. The summed E-state index contributed by atoms with van der Waals surface area (Å²) in [6, 6.07) is 11.6. The van der Waals surface area contributed by atoms with Crippen molar-refractivity contribution in [3.05, 3.63) is 53.1 Å². The Morgan fingerprint density at radius 3 is 2.88 bits per heavy atom. The van der Waals surface area contributed by atoms with E-state index in [-0.39, 0.29) is 11.8 Å². The van der Waals surface area contributed by atoms with Gasteiger partial charge in [-0.25, -0.2) is 4.98 Å². The molecule has 7 nitrogen and oxygen atoms in total. The fraction of sp³-hybridized carbons (Fsp3) is 0.375. The van der Waals surface area contributed by atoms with E-state index in [0.717, 1.165) is 24.2 Å². The molecule has 0 radical (unpaired) electrons. The lowest BCUT2D eigenvalue weighted by atomic mass is 10.1. The molecule has 168 valence electrons. The molecule has 0 saturated heterocycles. The summed E-state index contributed by atoms with van der Waals surface area (Å²) in [6.07, 6.45) is 6.04. The number of carbonyl (C=O) groups excluding carboxylic acids is 2. The van der Waals surface area contributed by atoms with Crippen molar-refractivity contribution >= 4 is 28.3 Å². The number of aryl methyl sites for hydroxylation is 1. The summed E-state index contributed by atoms with van der Waals surface area (Å²) >= 11 is 1.35. The van der Waals surface area contributed by atoms with Crippen LogP contribution in [0.4, 0.5) is 5.13 Å². The van der Waals surface area contributed by atoms with Crippen LogP contribution in [-0.4, -0.2) is 22.9 Å². The van der Waals surface area contributed by atoms with Crippen molar-refractivity contribution in [2.75, 3.05) is 5.32 Å². The SMILES string of the molecule is CC(=O)NCc1ccc(-c2csc(NC(=O)CCc3cccc(OC4CCCC4)c3)n2)o1. The third-order valence-corrected chi connectivity index (χ3v) is 6.08. The second kappa shape index (κ2) is 10.5. The fourth-order valence-electron chi connectivity index (χ4n) is 3.68. The number of furan rings is 1. The van der Waals surface area contributed by atoms with Crippen molar-refractivity contribution in [2.45, 2.75) is 58.1 Å². The molecule has 1 aliphatic carbocycles. The topological polar surface area (TPSA) is 93.5 Å². The lowest BCUT2D eigenvalue weighted by molar-refractivity contribution is -0.119. The van der Waals surface area contributed by atoms with E-state index in [9.17, 15) is 9.59 Å². The zero-order chi connectivity index (χ0) is 22.3. The molecular weight excluding hydrogens is 426 g/mol. The quantitative estimate of drug-likeness (QED) is 0.479. The maximum Gasteiger partial charge on any atom is 0.226 e. The highest BCUT2D eigenvalue weighted by molar-refractivity contribution is 7.14. The van der Waals surface area contributed by atoms with Crippen LogP contribution < -0.4 is 15.4 Å². The molecule has 0 spiro atoms. The highest BCUT2D eigenvalue weighted by Gasteiger charge is 2.16. The van der Waals surface area contributed by atoms with Gasteiger partial charge in [0.15, 0.2) is 10.9 Å². The number of carbonyl (C=O) groups is 2. The van der Waals surface area contributed by atoms with Gasteiger partial charge >= 0.3 is 0 Å². The minimum absolute atomic E-state index is 0.0844. The number of anilines is 1. The molecule has 3 aromatic rings. The fourth-order valence-corrected chi connectivity index (χ4v) is 4.40. The Labute approximate surface area is 191 Å². The molecule has 1 aromatic carbocycles. The van der Waals surface area contributed by atoms with Crippen molar-refractivity contribution in [3.8, 4) is 17.2 Å². The molecule has 4 rings (SSSR count). The Bertz CT molecular complexity index is 1070. The number of thiazole rings is 1. The van der Waals surface area contributed by atoms with Gasteiger partial charge in [-0.1, -0.05) is 12.1 Å². The van der Waals surface area contributed by atoms with Crippen LogP contribution in [0.2, 0.25) is 0 Å². The number of hydrogen-bond acceptors (Lipinski definition) is 6. The van der Waals surface area contributed by atoms with Crippen molar-refractivity contribution < 1.29 is 18.7 Å². The minimum Gasteiger partial charge on any atom is -0.490 e. The van der Waals surface area contributed by atoms with E-state index in [0.29, 0.717) is 47.8 Å². The van der Waals surface area contributed by atoms with Crippen molar-refractivity contribution in [1.29, 1.82) is 0 Å². The highest BCUT2D eigenvalue weighted by atomic mass is 32.1. The number of nitrogens with one attached hydrogen (secondary N) is 2. The summed E-state index contributed by atoms with van der Waals surface area (Å²) in [7, 11) is 0. The molecule has 1 saturated carbocycles. The third-order valence-electron chi connectivity index (χ3n) is 5.32. The first-order valence-electron chi connectivity index (χ1n) is 10.9. The number of benzene rings is 1. The molecule has 2 heterocycles. The largest absolute Gasteiger partial charge is 0.490 e.